The van der Waals surface area contributed by atoms with Crippen LogP contribution in [0.25, 0.3) is 0 Å². The third kappa shape index (κ3) is 2.82. The predicted octanol–water partition coefficient (Wildman–Crippen LogP) is 2.63. The van der Waals surface area contributed by atoms with Crippen molar-refractivity contribution in [3.63, 3.8) is 0 Å². The molecule has 1 fully saturated rings. The predicted molar refractivity (Wildman–Crippen MR) is 62.7 cm³/mol. The average Bonchev–Trinajstić information content (AvgIpc) is 3.05. The minimum Gasteiger partial charge on any atom is -0.379 e. The Hall–Kier alpha value is -0.340. The van der Waals surface area contributed by atoms with Gasteiger partial charge in [0, 0.05) is 7.11 Å². The molecule has 0 aliphatic heterocycles. The van der Waals surface area contributed by atoms with Gasteiger partial charge in [0.2, 0.25) is 0 Å². The van der Waals surface area contributed by atoms with Crippen molar-refractivity contribution in [1.82, 2.24) is 0 Å². The molecule has 2 nitrogen and oxygen atoms in total. The first-order valence-corrected chi connectivity index (χ1v) is 6.30. The maximum absolute atomic E-state index is 6.32. The summed E-state index contributed by atoms with van der Waals surface area (Å²) in [5.41, 5.74) is 7.77. The van der Waals surface area contributed by atoms with Gasteiger partial charge in [-0.1, -0.05) is 18.1 Å². The number of rotatable bonds is 4. The van der Waals surface area contributed by atoms with Crippen LogP contribution in [0.15, 0.2) is 11.6 Å². The smallest absolute Gasteiger partial charge is 0.0788 e. The summed E-state index contributed by atoms with van der Waals surface area (Å²) in [4.78, 5) is 0. The summed E-state index contributed by atoms with van der Waals surface area (Å²) < 4.78 is 5.56. The normalized spacial score (nSPS) is 26.7. The van der Waals surface area contributed by atoms with E-state index in [1.807, 2.05) is 0 Å². The van der Waals surface area contributed by atoms with Gasteiger partial charge in [-0.25, -0.2) is 0 Å². The molecule has 2 heteroatoms. The summed E-state index contributed by atoms with van der Waals surface area (Å²) in [5, 5.41) is 0. The monoisotopic (exact) mass is 209 g/mol. The molecule has 0 spiro atoms. The van der Waals surface area contributed by atoms with Crippen LogP contribution >= 0.6 is 0 Å². The highest BCUT2D eigenvalue weighted by Crippen LogP contribution is 2.37. The molecule has 2 atom stereocenters. The SMILES string of the molecule is COC(C1CC1)C(N)C1=CCCCCC1. The minimum absolute atomic E-state index is 0.153. The molecule has 0 aromatic carbocycles. The van der Waals surface area contributed by atoms with Gasteiger partial charge in [0.15, 0.2) is 0 Å². The molecule has 1 saturated carbocycles. The van der Waals surface area contributed by atoms with Crippen molar-refractivity contribution >= 4 is 0 Å². The van der Waals surface area contributed by atoms with Crippen molar-refractivity contribution in [3.05, 3.63) is 11.6 Å². The zero-order valence-corrected chi connectivity index (χ0v) is 9.74. The lowest BCUT2D eigenvalue weighted by Gasteiger charge is -2.24. The molecule has 86 valence electrons. The molecule has 0 bridgehead atoms. The van der Waals surface area contributed by atoms with E-state index in [9.17, 15) is 0 Å². The maximum Gasteiger partial charge on any atom is 0.0788 e. The van der Waals surface area contributed by atoms with Gasteiger partial charge in [0.25, 0.3) is 0 Å². The lowest BCUT2D eigenvalue weighted by atomic mass is 9.95. The third-order valence-corrected chi connectivity index (χ3v) is 3.72. The van der Waals surface area contributed by atoms with Crippen LogP contribution in [0.5, 0.6) is 0 Å². The number of ether oxygens (including phenoxy) is 1. The van der Waals surface area contributed by atoms with Crippen LogP contribution in [0.3, 0.4) is 0 Å². The molecular formula is C13H23NO. The van der Waals surface area contributed by atoms with Gasteiger partial charge in [-0.15, -0.1) is 0 Å². The first-order chi connectivity index (χ1) is 7.33. The second-order valence-electron chi connectivity index (χ2n) is 4.94. The molecule has 0 saturated heterocycles. The second-order valence-corrected chi connectivity index (χ2v) is 4.94. The highest BCUT2D eigenvalue weighted by atomic mass is 16.5. The third-order valence-electron chi connectivity index (χ3n) is 3.72. The van der Waals surface area contributed by atoms with Gasteiger partial charge in [-0.05, 0) is 44.4 Å². The molecule has 0 aromatic rings. The van der Waals surface area contributed by atoms with Crippen molar-refractivity contribution in [2.24, 2.45) is 11.7 Å². The van der Waals surface area contributed by atoms with Crippen LogP contribution in [0.1, 0.15) is 44.9 Å². The van der Waals surface area contributed by atoms with E-state index in [4.69, 9.17) is 10.5 Å². The van der Waals surface area contributed by atoms with Crippen LogP contribution in [-0.2, 0) is 4.74 Å². The molecule has 2 aliphatic carbocycles. The van der Waals surface area contributed by atoms with Gasteiger partial charge in [0.1, 0.15) is 0 Å². The van der Waals surface area contributed by atoms with E-state index in [1.165, 1.54) is 50.5 Å². The standard InChI is InChI=1S/C13H23NO/c1-15-13(11-8-9-11)12(14)10-6-4-2-3-5-7-10/h6,11-13H,2-5,7-9,14H2,1H3. The molecule has 2 N–H and O–H groups in total. The summed E-state index contributed by atoms with van der Waals surface area (Å²) in [6.45, 7) is 0. The maximum atomic E-state index is 6.32. The summed E-state index contributed by atoms with van der Waals surface area (Å²) in [6.07, 6.45) is 11.6. The number of allylic oxidation sites excluding steroid dienone is 1. The van der Waals surface area contributed by atoms with E-state index in [0.717, 1.165) is 5.92 Å². The van der Waals surface area contributed by atoms with E-state index in [-0.39, 0.29) is 12.1 Å². The Balaban J connectivity index is 1.97. The van der Waals surface area contributed by atoms with Crippen molar-refractivity contribution in [2.75, 3.05) is 7.11 Å². The Morgan fingerprint density at radius 1 is 1.33 bits per heavy atom. The van der Waals surface area contributed by atoms with Gasteiger partial charge in [0.05, 0.1) is 12.1 Å². The lowest BCUT2D eigenvalue weighted by Crippen LogP contribution is -2.39. The van der Waals surface area contributed by atoms with E-state index in [1.54, 1.807) is 7.11 Å². The molecule has 0 aromatic heterocycles. The summed E-state index contributed by atoms with van der Waals surface area (Å²) >= 11 is 0. The van der Waals surface area contributed by atoms with E-state index in [2.05, 4.69) is 6.08 Å². The van der Waals surface area contributed by atoms with E-state index in [0.29, 0.717) is 0 Å². The molecule has 15 heavy (non-hydrogen) atoms. The molecule has 2 aliphatic rings. The zero-order valence-electron chi connectivity index (χ0n) is 9.74. The topological polar surface area (TPSA) is 35.2 Å². The fraction of sp³-hybridized carbons (Fsp3) is 0.846. The molecule has 0 amide bonds. The van der Waals surface area contributed by atoms with Crippen molar-refractivity contribution in [2.45, 2.75) is 57.1 Å². The quantitative estimate of drug-likeness (QED) is 0.722. The van der Waals surface area contributed by atoms with Crippen LogP contribution in [0.2, 0.25) is 0 Å². The van der Waals surface area contributed by atoms with Crippen LogP contribution in [0, 0.1) is 5.92 Å². The minimum atomic E-state index is 0.153. The first kappa shape index (κ1) is 11.2. The summed E-state index contributed by atoms with van der Waals surface area (Å²) in [6, 6.07) is 0.153. The average molecular weight is 209 g/mol. The Kier molecular flexibility index (Phi) is 3.81. The fourth-order valence-electron chi connectivity index (χ4n) is 2.61. The van der Waals surface area contributed by atoms with Crippen molar-refractivity contribution < 1.29 is 4.74 Å². The Labute approximate surface area is 92.9 Å². The highest BCUT2D eigenvalue weighted by molar-refractivity contribution is 5.15. The van der Waals surface area contributed by atoms with Gasteiger partial charge in [-0.2, -0.15) is 0 Å². The van der Waals surface area contributed by atoms with Gasteiger partial charge >= 0.3 is 0 Å². The highest BCUT2D eigenvalue weighted by Gasteiger charge is 2.36. The van der Waals surface area contributed by atoms with E-state index >= 15 is 0 Å². The number of methoxy groups -OCH3 is 1. The number of hydrogen-bond donors (Lipinski definition) is 1. The van der Waals surface area contributed by atoms with Crippen molar-refractivity contribution in [1.29, 1.82) is 0 Å². The number of nitrogens with two attached hydrogens (primary N) is 1. The Morgan fingerprint density at radius 2 is 2.13 bits per heavy atom. The zero-order chi connectivity index (χ0) is 10.7. The Morgan fingerprint density at radius 3 is 2.80 bits per heavy atom. The van der Waals surface area contributed by atoms with Crippen LogP contribution in [0.4, 0.5) is 0 Å². The van der Waals surface area contributed by atoms with Crippen LogP contribution in [-0.4, -0.2) is 19.3 Å². The van der Waals surface area contributed by atoms with E-state index < -0.39 is 0 Å². The summed E-state index contributed by atoms with van der Waals surface area (Å²) in [7, 11) is 1.81. The molecule has 2 unspecified atom stereocenters. The molecular weight excluding hydrogens is 186 g/mol. The Bertz CT molecular complexity index is 233. The van der Waals surface area contributed by atoms with Gasteiger partial charge < -0.3 is 10.5 Å². The molecule has 2 rings (SSSR count). The van der Waals surface area contributed by atoms with Crippen LogP contribution < -0.4 is 5.73 Å². The van der Waals surface area contributed by atoms with Crippen molar-refractivity contribution in [3.8, 4) is 0 Å². The lowest BCUT2D eigenvalue weighted by molar-refractivity contribution is 0.0707. The first-order valence-electron chi connectivity index (χ1n) is 6.30. The number of hydrogen-bond acceptors (Lipinski definition) is 2. The fourth-order valence-corrected chi connectivity index (χ4v) is 2.61. The molecule has 0 heterocycles. The largest absolute Gasteiger partial charge is 0.379 e. The van der Waals surface area contributed by atoms with Gasteiger partial charge in [-0.3, -0.25) is 0 Å². The second kappa shape index (κ2) is 5.13. The summed E-state index contributed by atoms with van der Waals surface area (Å²) in [5.74, 6) is 0.731. The molecule has 0 radical (unpaired) electrons.